The van der Waals surface area contributed by atoms with Crippen LogP contribution in [0.4, 0.5) is 28.7 Å². The molecule has 0 bridgehead atoms. The van der Waals surface area contributed by atoms with E-state index < -0.39 is 35.8 Å². The third-order valence-corrected chi connectivity index (χ3v) is 16.4. The van der Waals surface area contributed by atoms with Crippen LogP contribution < -0.4 is 30.1 Å². The molecule has 362 valence electrons. The molecule has 1 aliphatic carbocycles. The molecule has 11 rings (SSSR count). The van der Waals surface area contributed by atoms with Gasteiger partial charge in [0.2, 0.25) is 17.7 Å². The van der Waals surface area contributed by atoms with E-state index in [0.717, 1.165) is 110 Å². The van der Waals surface area contributed by atoms with Crippen LogP contribution in [-0.2, 0) is 28.9 Å². The molecule has 18 heteroatoms. The first-order valence-corrected chi connectivity index (χ1v) is 25.3. The van der Waals surface area contributed by atoms with E-state index >= 15 is 0 Å². The Morgan fingerprint density at radius 3 is 2.36 bits per heavy atom. The van der Waals surface area contributed by atoms with Crippen LogP contribution in [-0.4, -0.2) is 124 Å². The standard InChI is InChI=1S/C52H56N10O7S/c1-29-28-59(32-15-19-58(20-16-32)33-8-10-38-39(25-33)51(67)62(50(38)66)41-11-13-44(64)57-48(41)65)22-23-60(29)34-9-12-43(54-27-34)56-40-24-31(26-55-49(40)69-3)35-14-18-53-47(45(35)30(2)63)61-21-17-37-36-6-4-5-7-42(36)70-46(37)52(61)68/h8-10,12,14,18,24-27,29-30,32,41,63H,4-7,11,13,15-17,19-23,28H2,1-3H3,(H,54,56)(H,57,64,65)/t29-,30?,41?/m0/s1. The number of amides is 5. The van der Waals surface area contributed by atoms with E-state index in [2.05, 4.69) is 43.3 Å². The second-order valence-electron chi connectivity index (χ2n) is 19.2. The number of piperidine rings is 2. The zero-order valence-corrected chi connectivity index (χ0v) is 40.4. The molecular formula is C52H56N10O7S. The number of nitrogens with one attached hydrogen (secondary N) is 2. The van der Waals surface area contributed by atoms with Crippen molar-refractivity contribution in [2.75, 3.05) is 66.4 Å². The molecule has 1 aromatic carbocycles. The fourth-order valence-corrected chi connectivity index (χ4v) is 12.9. The van der Waals surface area contributed by atoms with Crippen molar-refractivity contribution < 1.29 is 33.8 Å². The lowest BCUT2D eigenvalue weighted by Gasteiger charge is -2.46. The maximum atomic E-state index is 14.1. The summed E-state index contributed by atoms with van der Waals surface area (Å²) >= 11 is 1.63. The number of rotatable bonds is 10. The van der Waals surface area contributed by atoms with Gasteiger partial charge in [-0.3, -0.25) is 44.0 Å². The molecule has 17 nitrogen and oxygen atoms in total. The molecule has 9 heterocycles. The van der Waals surface area contributed by atoms with Gasteiger partial charge < -0.3 is 25.0 Å². The van der Waals surface area contributed by atoms with Gasteiger partial charge in [-0.25, -0.2) is 15.0 Å². The van der Waals surface area contributed by atoms with E-state index in [-0.39, 0.29) is 30.4 Å². The number of thiophene rings is 1. The molecule has 0 spiro atoms. The first-order valence-electron chi connectivity index (χ1n) is 24.5. The lowest BCUT2D eigenvalue weighted by molar-refractivity contribution is -0.136. The van der Waals surface area contributed by atoms with Gasteiger partial charge in [-0.05, 0) is 124 Å². The minimum absolute atomic E-state index is 0.0516. The molecule has 2 unspecified atom stereocenters. The molecule has 3 N–H and O–H groups in total. The number of hydrogen-bond acceptors (Lipinski definition) is 15. The molecule has 70 heavy (non-hydrogen) atoms. The number of methoxy groups -OCH3 is 1. The largest absolute Gasteiger partial charge is 0.480 e. The fourth-order valence-electron chi connectivity index (χ4n) is 11.5. The van der Waals surface area contributed by atoms with E-state index in [0.29, 0.717) is 46.9 Å². The number of aliphatic hydroxyl groups excluding tert-OH is 1. The van der Waals surface area contributed by atoms with Crippen molar-refractivity contribution in [3.63, 3.8) is 0 Å². The first-order chi connectivity index (χ1) is 33.9. The average molecular weight is 965 g/mol. The maximum Gasteiger partial charge on any atom is 0.269 e. The van der Waals surface area contributed by atoms with Crippen molar-refractivity contribution in [2.45, 2.75) is 95.9 Å². The maximum absolute atomic E-state index is 14.1. The number of hydrogen-bond donors (Lipinski definition) is 3. The number of benzene rings is 1. The van der Waals surface area contributed by atoms with Gasteiger partial charge in [0.05, 0.1) is 41.1 Å². The normalized spacial score (nSPS) is 21.4. The van der Waals surface area contributed by atoms with Crippen LogP contribution in [0.25, 0.3) is 11.1 Å². The van der Waals surface area contributed by atoms with Crippen LogP contribution in [0, 0.1) is 0 Å². The van der Waals surface area contributed by atoms with Gasteiger partial charge in [0.15, 0.2) is 0 Å². The quantitative estimate of drug-likeness (QED) is 0.137. The zero-order chi connectivity index (χ0) is 48.4. The Balaban J connectivity index is 0.724. The van der Waals surface area contributed by atoms with Crippen LogP contribution in [0.2, 0.25) is 0 Å². The van der Waals surface area contributed by atoms with E-state index in [1.807, 2.05) is 30.5 Å². The Labute approximate surface area is 409 Å². The van der Waals surface area contributed by atoms with E-state index in [1.54, 1.807) is 54.8 Å². The Hall–Kier alpha value is -6.76. The zero-order valence-electron chi connectivity index (χ0n) is 39.6. The predicted octanol–water partition coefficient (Wildman–Crippen LogP) is 6.07. The second kappa shape index (κ2) is 18.5. The minimum atomic E-state index is -0.987. The molecule has 5 aromatic rings. The topological polar surface area (TPSA) is 194 Å². The third kappa shape index (κ3) is 8.14. The Bertz CT molecular complexity index is 2930. The predicted molar refractivity (Wildman–Crippen MR) is 265 cm³/mol. The molecule has 6 aliphatic rings. The summed E-state index contributed by atoms with van der Waals surface area (Å²) in [6.45, 7) is 8.72. The smallest absolute Gasteiger partial charge is 0.269 e. The number of aromatic nitrogens is 3. The number of aryl methyl sites for hydroxylation is 1. The summed E-state index contributed by atoms with van der Waals surface area (Å²) in [5.74, 6) is -0.584. The lowest BCUT2D eigenvalue weighted by Crippen LogP contribution is -2.57. The van der Waals surface area contributed by atoms with Crippen molar-refractivity contribution in [2.24, 2.45) is 0 Å². The van der Waals surface area contributed by atoms with Gasteiger partial charge in [-0.15, -0.1) is 11.3 Å². The molecule has 5 aliphatic heterocycles. The van der Waals surface area contributed by atoms with Crippen molar-refractivity contribution in [1.82, 2.24) is 30.1 Å². The highest BCUT2D eigenvalue weighted by Gasteiger charge is 2.45. The van der Waals surface area contributed by atoms with Crippen molar-refractivity contribution in [1.29, 1.82) is 0 Å². The summed E-state index contributed by atoms with van der Waals surface area (Å²) in [5.41, 5.74) is 7.70. The minimum Gasteiger partial charge on any atom is -0.480 e. The summed E-state index contributed by atoms with van der Waals surface area (Å²) < 4.78 is 5.69. The summed E-state index contributed by atoms with van der Waals surface area (Å²) in [4.78, 5) is 91.3. The first kappa shape index (κ1) is 45.7. The van der Waals surface area contributed by atoms with Gasteiger partial charge in [-0.1, -0.05) is 0 Å². The van der Waals surface area contributed by atoms with Crippen LogP contribution in [0.3, 0.4) is 0 Å². The highest BCUT2D eigenvalue weighted by molar-refractivity contribution is 7.14. The number of aliphatic hydroxyl groups is 1. The number of imide groups is 2. The lowest BCUT2D eigenvalue weighted by atomic mass is 9.91. The van der Waals surface area contributed by atoms with E-state index in [4.69, 9.17) is 14.7 Å². The summed E-state index contributed by atoms with van der Waals surface area (Å²) in [6, 6.07) is 12.8. The van der Waals surface area contributed by atoms with Gasteiger partial charge in [-0.2, -0.15) is 0 Å². The van der Waals surface area contributed by atoms with Gasteiger partial charge in [0.25, 0.3) is 17.7 Å². The Morgan fingerprint density at radius 2 is 1.60 bits per heavy atom. The Morgan fingerprint density at radius 1 is 0.800 bits per heavy atom. The van der Waals surface area contributed by atoms with E-state index in [1.165, 1.54) is 16.0 Å². The number of piperazine rings is 1. The van der Waals surface area contributed by atoms with Crippen molar-refractivity contribution in [3.05, 3.63) is 98.6 Å². The number of ether oxygens (including phenoxy) is 1. The van der Waals surface area contributed by atoms with Crippen LogP contribution in [0.1, 0.15) is 110 Å². The highest BCUT2D eigenvalue weighted by atomic mass is 32.1. The monoisotopic (exact) mass is 964 g/mol. The number of fused-ring (bicyclic) bond motifs is 4. The number of nitrogens with zero attached hydrogens (tertiary/aromatic N) is 8. The molecule has 3 fully saturated rings. The summed E-state index contributed by atoms with van der Waals surface area (Å²) in [5, 5.41) is 16.9. The van der Waals surface area contributed by atoms with Gasteiger partial charge in [0.1, 0.15) is 23.4 Å². The highest BCUT2D eigenvalue weighted by Crippen LogP contribution is 2.42. The number of carbonyl (C=O) groups excluding carboxylic acids is 5. The van der Waals surface area contributed by atoms with Gasteiger partial charge >= 0.3 is 0 Å². The molecule has 3 atom stereocenters. The second-order valence-corrected chi connectivity index (χ2v) is 20.3. The molecule has 4 aromatic heterocycles. The number of carbonyl (C=O) groups is 5. The number of pyridine rings is 3. The van der Waals surface area contributed by atoms with Crippen LogP contribution >= 0.6 is 11.3 Å². The van der Waals surface area contributed by atoms with Crippen molar-refractivity contribution >= 4 is 69.6 Å². The van der Waals surface area contributed by atoms with E-state index in [9.17, 15) is 29.1 Å². The van der Waals surface area contributed by atoms with Gasteiger partial charge in [0, 0.05) is 91.9 Å². The molecular weight excluding hydrogens is 909 g/mol. The number of anilines is 5. The third-order valence-electron chi connectivity index (χ3n) is 15.1. The van der Waals surface area contributed by atoms with Crippen molar-refractivity contribution in [3.8, 4) is 17.0 Å². The molecule has 0 saturated carbocycles. The summed E-state index contributed by atoms with van der Waals surface area (Å²) in [6.07, 6.45) is 11.7. The van der Waals surface area contributed by atoms with Crippen LogP contribution in [0.15, 0.2) is 61.1 Å². The van der Waals surface area contributed by atoms with Crippen LogP contribution in [0.5, 0.6) is 5.88 Å². The molecule has 5 amide bonds. The Kier molecular flexibility index (Phi) is 12.1. The fraction of sp³-hybridized carbons (Fsp3) is 0.423. The SMILES string of the molecule is COc1ncc(-c2ccnc(N3CCc4c(sc5c4CCCC5)C3=O)c2C(C)O)cc1Nc1ccc(N2CCN(C3CCN(c4ccc5c(c4)C(=O)N(C4CCC(=O)NC4=O)C5=O)CC3)C[C@@H]2C)cn1. The summed E-state index contributed by atoms with van der Waals surface area (Å²) in [7, 11) is 1.57. The average Bonchev–Trinajstić information content (AvgIpc) is 3.88. The molecule has 0 radical (unpaired) electrons. The molecule has 3 saturated heterocycles.